The minimum absolute atomic E-state index is 0.185. The van der Waals surface area contributed by atoms with E-state index in [-0.39, 0.29) is 23.5 Å². The number of halogens is 1. The topological polar surface area (TPSA) is 58.2 Å². The van der Waals surface area contributed by atoms with Gasteiger partial charge >= 0.3 is 0 Å². The second kappa shape index (κ2) is 7.06. The summed E-state index contributed by atoms with van der Waals surface area (Å²) in [7, 11) is 0. The van der Waals surface area contributed by atoms with Crippen molar-refractivity contribution in [2.24, 2.45) is 0 Å². The van der Waals surface area contributed by atoms with Gasteiger partial charge in [-0.25, -0.2) is 0 Å². The van der Waals surface area contributed by atoms with E-state index in [9.17, 15) is 9.59 Å². The molecule has 0 fully saturated rings. The maximum Gasteiger partial charge on any atom is 0.252 e. The van der Waals surface area contributed by atoms with E-state index in [1.54, 1.807) is 24.3 Å². The second-order valence-corrected chi connectivity index (χ2v) is 6.94. The Morgan fingerprint density at radius 1 is 1.09 bits per heavy atom. The number of nitrogens with one attached hydrogen (secondary N) is 2. The Kier molecular flexibility index (Phi) is 4.88. The minimum atomic E-state index is -0.263. The van der Waals surface area contributed by atoms with E-state index < -0.39 is 0 Å². The molecule has 1 atom stereocenters. The Balaban J connectivity index is 1.48. The molecule has 1 aliphatic rings. The highest BCUT2D eigenvalue weighted by Gasteiger charge is 2.28. The van der Waals surface area contributed by atoms with Gasteiger partial charge in [0, 0.05) is 9.92 Å². The van der Waals surface area contributed by atoms with Crippen LogP contribution in [0.15, 0.2) is 53.4 Å². The van der Waals surface area contributed by atoms with Crippen LogP contribution < -0.4 is 10.9 Å². The Labute approximate surface area is 143 Å². The van der Waals surface area contributed by atoms with Crippen LogP contribution in [0.1, 0.15) is 11.1 Å². The molecule has 23 heavy (non-hydrogen) atoms. The maximum atomic E-state index is 12.2. The molecule has 6 heteroatoms. The second-order valence-electron chi connectivity index (χ2n) is 5.26. The molecule has 0 aliphatic carbocycles. The van der Waals surface area contributed by atoms with Gasteiger partial charge in [-0.15, -0.1) is 11.8 Å². The number of amides is 2. The van der Waals surface area contributed by atoms with Crippen LogP contribution in [0.4, 0.5) is 0 Å². The van der Waals surface area contributed by atoms with Crippen LogP contribution in [0.25, 0.3) is 0 Å². The van der Waals surface area contributed by atoms with Crippen LogP contribution in [0.3, 0.4) is 0 Å². The van der Waals surface area contributed by atoms with Gasteiger partial charge < -0.3 is 0 Å². The van der Waals surface area contributed by atoms with Crippen molar-refractivity contribution in [3.05, 3.63) is 64.7 Å². The molecule has 118 valence electrons. The van der Waals surface area contributed by atoms with Gasteiger partial charge in [0.15, 0.2) is 0 Å². The molecule has 2 aromatic carbocycles. The zero-order valence-electron chi connectivity index (χ0n) is 12.2. The lowest BCUT2D eigenvalue weighted by Crippen LogP contribution is -2.46. The molecule has 0 bridgehead atoms. The molecular formula is C17H15ClN2O2S. The van der Waals surface area contributed by atoms with E-state index in [1.807, 2.05) is 24.3 Å². The Morgan fingerprint density at radius 3 is 2.57 bits per heavy atom. The summed E-state index contributed by atoms with van der Waals surface area (Å²) in [4.78, 5) is 25.1. The van der Waals surface area contributed by atoms with E-state index >= 15 is 0 Å². The Bertz CT molecular complexity index is 709. The molecule has 0 radical (unpaired) electrons. The molecule has 1 unspecified atom stereocenters. The van der Waals surface area contributed by atoms with Crippen molar-refractivity contribution in [3.8, 4) is 0 Å². The SMILES string of the molecule is O=C(Cc1ccc(Cl)cc1)NNC(=O)C1Cc2ccccc2S1. The average molecular weight is 347 g/mol. The lowest BCUT2D eigenvalue weighted by molar-refractivity contribution is -0.128. The zero-order chi connectivity index (χ0) is 16.2. The first-order valence-corrected chi connectivity index (χ1v) is 8.45. The number of carbonyl (C=O) groups is 2. The molecule has 2 N–H and O–H groups in total. The molecule has 2 amide bonds. The molecule has 0 saturated carbocycles. The third kappa shape index (κ3) is 4.06. The monoisotopic (exact) mass is 346 g/mol. The summed E-state index contributed by atoms with van der Waals surface area (Å²) in [5, 5.41) is 0.420. The summed E-state index contributed by atoms with van der Waals surface area (Å²) < 4.78 is 0. The fraction of sp³-hybridized carbons (Fsp3) is 0.176. The number of carbonyl (C=O) groups excluding carboxylic acids is 2. The van der Waals surface area contributed by atoms with Gasteiger partial charge in [0.05, 0.1) is 11.7 Å². The number of hydrazine groups is 1. The fourth-order valence-electron chi connectivity index (χ4n) is 2.37. The van der Waals surface area contributed by atoms with Gasteiger partial charge in [-0.2, -0.15) is 0 Å². The number of fused-ring (bicyclic) bond motifs is 1. The van der Waals surface area contributed by atoms with Crippen LogP contribution >= 0.6 is 23.4 Å². The largest absolute Gasteiger partial charge is 0.273 e. The molecule has 4 nitrogen and oxygen atoms in total. The number of hydrogen-bond donors (Lipinski definition) is 2. The van der Waals surface area contributed by atoms with Gasteiger partial charge in [-0.05, 0) is 35.7 Å². The minimum Gasteiger partial charge on any atom is -0.273 e. The van der Waals surface area contributed by atoms with E-state index in [0.29, 0.717) is 11.4 Å². The van der Waals surface area contributed by atoms with Crippen molar-refractivity contribution in [2.45, 2.75) is 23.0 Å². The molecule has 2 aromatic rings. The number of benzene rings is 2. The van der Waals surface area contributed by atoms with E-state index in [2.05, 4.69) is 10.9 Å². The van der Waals surface area contributed by atoms with Gasteiger partial charge in [-0.3, -0.25) is 20.4 Å². The van der Waals surface area contributed by atoms with Crippen molar-refractivity contribution < 1.29 is 9.59 Å². The highest BCUT2D eigenvalue weighted by molar-refractivity contribution is 8.01. The van der Waals surface area contributed by atoms with Crippen molar-refractivity contribution in [1.82, 2.24) is 10.9 Å². The van der Waals surface area contributed by atoms with E-state index in [4.69, 9.17) is 11.6 Å². The van der Waals surface area contributed by atoms with Crippen LogP contribution in [-0.2, 0) is 22.4 Å². The predicted octanol–water partition coefficient (Wildman–Crippen LogP) is 2.75. The first-order valence-electron chi connectivity index (χ1n) is 7.19. The molecule has 0 aromatic heterocycles. The smallest absolute Gasteiger partial charge is 0.252 e. The van der Waals surface area contributed by atoms with Gasteiger partial charge in [0.25, 0.3) is 5.91 Å². The summed E-state index contributed by atoms with van der Waals surface area (Å²) in [6.07, 6.45) is 0.870. The third-order valence-corrected chi connectivity index (χ3v) is 5.11. The van der Waals surface area contributed by atoms with E-state index in [1.165, 1.54) is 17.3 Å². The van der Waals surface area contributed by atoms with Crippen LogP contribution in [0.2, 0.25) is 5.02 Å². The molecule has 0 saturated heterocycles. The number of hydrogen-bond acceptors (Lipinski definition) is 3. The fourth-order valence-corrected chi connectivity index (χ4v) is 3.69. The van der Waals surface area contributed by atoms with Crippen molar-refractivity contribution in [1.29, 1.82) is 0 Å². The first-order chi connectivity index (χ1) is 11.1. The number of rotatable bonds is 3. The standard InChI is InChI=1S/C17H15ClN2O2S/c18-13-7-5-11(6-8-13)9-16(21)19-20-17(22)15-10-12-3-1-2-4-14(12)23-15/h1-8,15H,9-10H2,(H,19,21)(H,20,22). The highest BCUT2D eigenvalue weighted by atomic mass is 35.5. The zero-order valence-corrected chi connectivity index (χ0v) is 13.8. The van der Waals surface area contributed by atoms with E-state index in [0.717, 1.165) is 10.5 Å². The van der Waals surface area contributed by atoms with Crippen LogP contribution in [0.5, 0.6) is 0 Å². The van der Waals surface area contributed by atoms with Crippen LogP contribution in [0, 0.1) is 0 Å². The lowest BCUT2D eigenvalue weighted by Gasteiger charge is -2.11. The van der Waals surface area contributed by atoms with Gasteiger partial charge in [-0.1, -0.05) is 41.9 Å². The maximum absolute atomic E-state index is 12.2. The Morgan fingerprint density at radius 2 is 1.83 bits per heavy atom. The summed E-state index contributed by atoms with van der Waals surface area (Å²) >= 11 is 7.33. The average Bonchev–Trinajstić information content (AvgIpc) is 2.99. The quantitative estimate of drug-likeness (QED) is 0.840. The van der Waals surface area contributed by atoms with Gasteiger partial charge in [0.2, 0.25) is 5.91 Å². The summed E-state index contributed by atoms with van der Waals surface area (Å²) in [5.41, 5.74) is 6.98. The third-order valence-electron chi connectivity index (χ3n) is 3.54. The highest BCUT2D eigenvalue weighted by Crippen LogP contribution is 2.36. The van der Waals surface area contributed by atoms with Gasteiger partial charge in [0.1, 0.15) is 0 Å². The van der Waals surface area contributed by atoms with Crippen molar-refractivity contribution in [2.75, 3.05) is 0 Å². The first kappa shape index (κ1) is 15.9. The Hall–Kier alpha value is -1.98. The molecule has 1 aliphatic heterocycles. The number of thioether (sulfide) groups is 1. The van der Waals surface area contributed by atoms with Crippen molar-refractivity contribution in [3.63, 3.8) is 0 Å². The molecule has 3 rings (SSSR count). The molecule has 0 spiro atoms. The molecular weight excluding hydrogens is 332 g/mol. The lowest BCUT2D eigenvalue weighted by atomic mass is 10.1. The predicted molar refractivity (Wildman–Crippen MR) is 91.2 cm³/mol. The summed E-state index contributed by atoms with van der Waals surface area (Å²) in [5.74, 6) is -0.447. The van der Waals surface area contributed by atoms with Crippen LogP contribution in [-0.4, -0.2) is 17.1 Å². The summed E-state index contributed by atoms with van der Waals surface area (Å²) in [6, 6.07) is 15.0. The summed E-state index contributed by atoms with van der Waals surface area (Å²) in [6.45, 7) is 0. The van der Waals surface area contributed by atoms with Crippen molar-refractivity contribution >= 4 is 35.2 Å². The normalized spacial score (nSPS) is 15.8. The molecule has 1 heterocycles.